The van der Waals surface area contributed by atoms with Crippen LogP contribution in [-0.2, 0) is 0 Å². The molecule has 0 spiro atoms. The molecule has 0 aliphatic heterocycles. The quantitative estimate of drug-likeness (QED) is 0.902. The smallest absolute Gasteiger partial charge is 0.298 e. The fraction of sp³-hybridized carbons (Fsp3) is 0.500. The molecular weight excluding hydrogens is 226 g/mol. The van der Waals surface area contributed by atoms with Crippen molar-refractivity contribution < 1.29 is 4.42 Å². The molecule has 1 aromatic heterocycles. The van der Waals surface area contributed by atoms with E-state index in [9.17, 15) is 0 Å². The highest BCUT2D eigenvalue weighted by atomic mass is 16.4. The maximum absolute atomic E-state index is 5.84. The third kappa shape index (κ3) is 1.86. The average Bonchev–Trinajstić information content (AvgIpc) is 3.03. The predicted octanol–water partition coefficient (Wildman–Crippen LogP) is 2.39. The molecule has 0 bridgehead atoms. The van der Waals surface area contributed by atoms with Gasteiger partial charge in [-0.3, -0.25) is 0 Å². The number of nitrogens with zero attached hydrogens (tertiary/aromatic N) is 2. The van der Waals surface area contributed by atoms with Gasteiger partial charge in [0.15, 0.2) is 5.58 Å². The molecule has 2 aromatic rings. The molecule has 4 nitrogen and oxygen atoms in total. The van der Waals surface area contributed by atoms with Crippen LogP contribution >= 0.6 is 0 Å². The summed E-state index contributed by atoms with van der Waals surface area (Å²) in [6.45, 7) is 0.745. The van der Waals surface area contributed by atoms with Crippen molar-refractivity contribution in [2.75, 3.05) is 18.5 Å². The van der Waals surface area contributed by atoms with Crippen molar-refractivity contribution in [2.24, 2.45) is 11.7 Å². The van der Waals surface area contributed by atoms with Crippen LogP contribution in [0.5, 0.6) is 0 Å². The van der Waals surface area contributed by atoms with Gasteiger partial charge >= 0.3 is 0 Å². The molecule has 1 fully saturated rings. The van der Waals surface area contributed by atoms with E-state index in [0.29, 0.717) is 18.0 Å². The van der Waals surface area contributed by atoms with Gasteiger partial charge < -0.3 is 15.1 Å². The highest BCUT2D eigenvalue weighted by Gasteiger charge is 2.31. The Morgan fingerprint density at radius 1 is 1.39 bits per heavy atom. The molecule has 3 rings (SSSR count). The van der Waals surface area contributed by atoms with E-state index in [0.717, 1.165) is 17.6 Å². The monoisotopic (exact) mass is 245 g/mol. The van der Waals surface area contributed by atoms with Crippen LogP contribution in [0.15, 0.2) is 28.7 Å². The van der Waals surface area contributed by atoms with E-state index in [2.05, 4.69) is 16.9 Å². The van der Waals surface area contributed by atoms with Gasteiger partial charge in [-0.05, 0) is 37.4 Å². The molecule has 1 aliphatic rings. The lowest BCUT2D eigenvalue weighted by atomic mass is 10.0. The first-order chi connectivity index (χ1) is 8.79. The molecule has 1 aromatic carbocycles. The predicted molar refractivity (Wildman–Crippen MR) is 72.6 cm³/mol. The Hall–Kier alpha value is -1.55. The number of benzene rings is 1. The first-order valence-electron chi connectivity index (χ1n) is 6.58. The minimum Gasteiger partial charge on any atom is -0.423 e. The molecule has 1 aliphatic carbocycles. The molecule has 0 radical (unpaired) electrons. The number of anilines is 1. The summed E-state index contributed by atoms with van der Waals surface area (Å²) in [5, 5.41) is 0. The molecule has 2 N–H and O–H groups in total. The number of para-hydroxylation sites is 2. The van der Waals surface area contributed by atoms with Crippen molar-refractivity contribution in [3.05, 3.63) is 24.3 Å². The molecule has 96 valence electrons. The molecule has 2 unspecified atom stereocenters. The van der Waals surface area contributed by atoms with E-state index < -0.39 is 0 Å². The van der Waals surface area contributed by atoms with Crippen LogP contribution in [0, 0.1) is 5.92 Å². The van der Waals surface area contributed by atoms with Crippen LogP contribution in [0.4, 0.5) is 6.01 Å². The summed E-state index contributed by atoms with van der Waals surface area (Å²) in [5.41, 5.74) is 7.60. The molecule has 2 atom stereocenters. The van der Waals surface area contributed by atoms with Crippen LogP contribution in [0.1, 0.15) is 19.3 Å². The first kappa shape index (κ1) is 11.5. The number of aromatic nitrogens is 1. The average molecular weight is 245 g/mol. The van der Waals surface area contributed by atoms with E-state index in [1.165, 1.54) is 19.3 Å². The van der Waals surface area contributed by atoms with Crippen LogP contribution in [-0.4, -0.2) is 24.6 Å². The highest BCUT2D eigenvalue weighted by molar-refractivity contribution is 5.74. The van der Waals surface area contributed by atoms with Crippen molar-refractivity contribution in [1.82, 2.24) is 4.98 Å². The number of rotatable bonds is 3. The second-order valence-corrected chi connectivity index (χ2v) is 5.07. The minimum atomic E-state index is 0.461. The third-order valence-corrected chi connectivity index (χ3v) is 4.00. The summed E-state index contributed by atoms with van der Waals surface area (Å²) in [4.78, 5) is 6.70. The molecular formula is C14H19N3O. The third-order valence-electron chi connectivity index (χ3n) is 4.00. The van der Waals surface area contributed by atoms with Gasteiger partial charge in [0.05, 0.1) is 0 Å². The lowest BCUT2D eigenvalue weighted by Crippen LogP contribution is -2.37. The summed E-state index contributed by atoms with van der Waals surface area (Å²) in [7, 11) is 2.06. The SMILES string of the molecule is CN(c1nc2ccccc2o1)C1CCCC1CN. The number of hydrogen-bond acceptors (Lipinski definition) is 4. The van der Waals surface area contributed by atoms with Crippen molar-refractivity contribution in [3.63, 3.8) is 0 Å². The summed E-state index contributed by atoms with van der Waals surface area (Å²) in [6, 6.07) is 9.05. The summed E-state index contributed by atoms with van der Waals surface area (Å²) < 4.78 is 5.81. The van der Waals surface area contributed by atoms with E-state index in [-0.39, 0.29) is 0 Å². The Kier molecular flexibility index (Phi) is 2.96. The Balaban J connectivity index is 1.89. The van der Waals surface area contributed by atoms with Crippen molar-refractivity contribution in [3.8, 4) is 0 Å². The van der Waals surface area contributed by atoms with Crippen molar-refractivity contribution in [2.45, 2.75) is 25.3 Å². The standard InChI is InChI=1S/C14H19N3O/c1-17(12-7-4-5-10(12)9-15)14-16-11-6-2-3-8-13(11)18-14/h2-3,6,8,10,12H,4-5,7,9,15H2,1H3. The van der Waals surface area contributed by atoms with E-state index in [4.69, 9.17) is 10.2 Å². The zero-order chi connectivity index (χ0) is 12.5. The van der Waals surface area contributed by atoms with Gasteiger partial charge in [-0.15, -0.1) is 0 Å². The van der Waals surface area contributed by atoms with Crippen LogP contribution in [0.3, 0.4) is 0 Å². The zero-order valence-corrected chi connectivity index (χ0v) is 10.7. The Labute approximate surface area is 107 Å². The van der Waals surface area contributed by atoms with Crippen LogP contribution in [0.2, 0.25) is 0 Å². The fourth-order valence-corrected chi connectivity index (χ4v) is 2.95. The lowest BCUT2D eigenvalue weighted by Gasteiger charge is -2.27. The molecule has 1 saturated carbocycles. The van der Waals surface area contributed by atoms with Crippen molar-refractivity contribution >= 4 is 17.1 Å². The molecule has 4 heteroatoms. The van der Waals surface area contributed by atoms with Gasteiger partial charge in [0.1, 0.15) is 5.52 Å². The number of fused-ring (bicyclic) bond motifs is 1. The van der Waals surface area contributed by atoms with Gasteiger partial charge in [0, 0.05) is 13.1 Å². The van der Waals surface area contributed by atoms with E-state index >= 15 is 0 Å². The second-order valence-electron chi connectivity index (χ2n) is 5.07. The largest absolute Gasteiger partial charge is 0.423 e. The molecule has 1 heterocycles. The maximum Gasteiger partial charge on any atom is 0.298 e. The van der Waals surface area contributed by atoms with Gasteiger partial charge in [-0.1, -0.05) is 18.6 Å². The van der Waals surface area contributed by atoms with E-state index in [1.807, 2.05) is 24.3 Å². The summed E-state index contributed by atoms with van der Waals surface area (Å²) in [5.74, 6) is 0.560. The molecule has 0 saturated heterocycles. The topological polar surface area (TPSA) is 55.3 Å². The van der Waals surface area contributed by atoms with Gasteiger partial charge in [0.2, 0.25) is 0 Å². The van der Waals surface area contributed by atoms with Crippen LogP contribution in [0.25, 0.3) is 11.1 Å². The number of nitrogens with two attached hydrogens (primary N) is 1. The highest BCUT2D eigenvalue weighted by Crippen LogP contribution is 2.32. The van der Waals surface area contributed by atoms with Gasteiger partial charge in [-0.2, -0.15) is 4.98 Å². The maximum atomic E-state index is 5.84. The zero-order valence-electron chi connectivity index (χ0n) is 10.7. The van der Waals surface area contributed by atoms with Gasteiger partial charge in [0.25, 0.3) is 6.01 Å². The Morgan fingerprint density at radius 3 is 3.00 bits per heavy atom. The van der Waals surface area contributed by atoms with Crippen molar-refractivity contribution in [1.29, 1.82) is 0 Å². The minimum absolute atomic E-state index is 0.461. The fourth-order valence-electron chi connectivity index (χ4n) is 2.95. The van der Waals surface area contributed by atoms with Crippen LogP contribution < -0.4 is 10.6 Å². The summed E-state index contributed by atoms with van der Waals surface area (Å²) >= 11 is 0. The first-order valence-corrected chi connectivity index (χ1v) is 6.58. The molecule has 18 heavy (non-hydrogen) atoms. The number of oxazole rings is 1. The van der Waals surface area contributed by atoms with Gasteiger partial charge in [-0.25, -0.2) is 0 Å². The Bertz CT molecular complexity index is 504. The second kappa shape index (κ2) is 4.61. The lowest BCUT2D eigenvalue weighted by molar-refractivity contribution is 0.446. The Morgan fingerprint density at radius 2 is 2.22 bits per heavy atom. The number of hydrogen-bond donors (Lipinski definition) is 1. The molecule has 0 amide bonds. The normalized spacial score (nSPS) is 23.7. The van der Waals surface area contributed by atoms with E-state index in [1.54, 1.807) is 0 Å². The summed E-state index contributed by atoms with van der Waals surface area (Å²) in [6.07, 6.45) is 3.64.